The molecule has 2 aromatic carbocycles. The molecule has 132 valence electrons. The Balaban J connectivity index is 1.48. The van der Waals surface area contributed by atoms with Crippen LogP contribution >= 0.6 is 0 Å². The number of rotatable bonds is 4. The van der Waals surface area contributed by atoms with Crippen molar-refractivity contribution in [1.29, 1.82) is 0 Å². The largest absolute Gasteiger partial charge is 0.454 e. The van der Waals surface area contributed by atoms with E-state index in [2.05, 4.69) is 10.4 Å². The molecule has 2 heterocycles. The summed E-state index contributed by atoms with van der Waals surface area (Å²) < 4.78 is 11.8. The molecule has 0 spiro atoms. The summed E-state index contributed by atoms with van der Waals surface area (Å²) >= 11 is 0. The number of aryl methyl sites for hydroxylation is 1. The minimum Gasteiger partial charge on any atom is -0.454 e. The first-order valence-electron chi connectivity index (χ1n) is 8.23. The number of carbonyl (C=O) groups is 1. The molecule has 0 bridgehead atoms. The van der Waals surface area contributed by atoms with Crippen LogP contribution in [0.4, 0.5) is 0 Å². The molecule has 26 heavy (non-hydrogen) atoms. The lowest BCUT2D eigenvalue weighted by molar-refractivity contribution is -0.122. The lowest BCUT2D eigenvalue weighted by Crippen LogP contribution is -2.33. The molecule has 0 saturated heterocycles. The van der Waals surface area contributed by atoms with Gasteiger partial charge < -0.3 is 14.8 Å². The lowest BCUT2D eigenvalue weighted by Gasteiger charge is -2.09. The molecule has 7 heteroatoms. The van der Waals surface area contributed by atoms with Crippen molar-refractivity contribution in [3.05, 3.63) is 64.1 Å². The summed E-state index contributed by atoms with van der Waals surface area (Å²) in [5.74, 6) is 1.08. The predicted octanol–water partition coefficient (Wildman–Crippen LogP) is 1.75. The van der Waals surface area contributed by atoms with Crippen molar-refractivity contribution in [2.45, 2.75) is 20.0 Å². The van der Waals surface area contributed by atoms with E-state index in [-0.39, 0.29) is 24.8 Å². The van der Waals surface area contributed by atoms with E-state index in [1.54, 1.807) is 12.1 Å². The zero-order valence-corrected chi connectivity index (χ0v) is 14.2. The lowest BCUT2D eigenvalue weighted by atomic mass is 10.1. The zero-order valence-electron chi connectivity index (χ0n) is 14.2. The molecule has 1 aromatic heterocycles. The summed E-state index contributed by atoms with van der Waals surface area (Å²) in [5.41, 5.74) is 1.32. The van der Waals surface area contributed by atoms with Crippen LogP contribution in [0.15, 0.2) is 47.3 Å². The Labute approximate surface area is 149 Å². The van der Waals surface area contributed by atoms with Crippen LogP contribution in [0.3, 0.4) is 0 Å². The molecule has 7 nitrogen and oxygen atoms in total. The van der Waals surface area contributed by atoms with E-state index in [0.717, 1.165) is 10.9 Å². The van der Waals surface area contributed by atoms with Gasteiger partial charge >= 0.3 is 0 Å². The number of benzene rings is 2. The Morgan fingerprint density at radius 3 is 2.77 bits per heavy atom. The van der Waals surface area contributed by atoms with Crippen molar-refractivity contribution >= 4 is 16.7 Å². The van der Waals surface area contributed by atoms with Crippen LogP contribution in [-0.2, 0) is 17.9 Å². The number of hydrogen-bond acceptors (Lipinski definition) is 5. The molecular formula is C19H17N3O4. The number of fused-ring (bicyclic) bond motifs is 2. The standard InChI is InChI=1S/C19H17N3O4/c1-12-14-4-2-3-5-15(14)19(24)22(21-12)10-18(23)20-9-13-6-7-16-17(8-13)26-11-25-16/h2-8H,9-11H2,1H3,(H,20,23). The summed E-state index contributed by atoms with van der Waals surface area (Å²) in [4.78, 5) is 24.8. The predicted molar refractivity (Wildman–Crippen MR) is 95.2 cm³/mol. The first-order valence-corrected chi connectivity index (χ1v) is 8.23. The summed E-state index contributed by atoms with van der Waals surface area (Å²) in [6, 6.07) is 12.7. The Morgan fingerprint density at radius 2 is 1.92 bits per heavy atom. The summed E-state index contributed by atoms with van der Waals surface area (Å²) in [5, 5.41) is 8.41. The Hall–Kier alpha value is -3.35. The second-order valence-electron chi connectivity index (χ2n) is 6.06. The van der Waals surface area contributed by atoms with E-state index in [1.807, 2.05) is 37.3 Å². The van der Waals surface area contributed by atoms with Gasteiger partial charge in [0.1, 0.15) is 6.54 Å². The number of hydrogen-bond donors (Lipinski definition) is 1. The van der Waals surface area contributed by atoms with Gasteiger partial charge in [-0.3, -0.25) is 9.59 Å². The van der Waals surface area contributed by atoms with Crippen molar-refractivity contribution < 1.29 is 14.3 Å². The maximum absolute atomic E-state index is 12.5. The highest BCUT2D eigenvalue weighted by Gasteiger charge is 2.14. The SMILES string of the molecule is Cc1nn(CC(=O)NCc2ccc3c(c2)OCO3)c(=O)c2ccccc12. The van der Waals surface area contributed by atoms with E-state index >= 15 is 0 Å². The average Bonchev–Trinajstić information content (AvgIpc) is 3.12. The summed E-state index contributed by atoms with van der Waals surface area (Å²) in [6.45, 7) is 2.23. The molecule has 4 rings (SSSR count). The van der Waals surface area contributed by atoms with E-state index in [1.165, 1.54) is 4.68 Å². The third-order valence-electron chi connectivity index (χ3n) is 4.27. The van der Waals surface area contributed by atoms with Gasteiger partial charge in [-0.05, 0) is 30.7 Å². The van der Waals surface area contributed by atoms with Gasteiger partial charge in [0.2, 0.25) is 12.7 Å². The van der Waals surface area contributed by atoms with Crippen molar-refractivity contribution in [2.24, 2.45) is 0 Å². The Morgan fingerprint density at radius 1 is 1.15 bits per heavy atom. The van der Waals surface area contributed by atoms with Gasteiger partial charge in [0.05, 0.1) is 11.1 Å². The first kappa shape index (κ1) is 16.1. The second kappa shape index (κ2) is 6.51. The highest BCUT2D eigenvalue weighted by Crippen LogP contribution is 2.32. The highest BCUT2D eigenvalue weighted by molar-refractivity contribution is 5.83. The van der Waals surface area contributed by atoms with Gasteiger partial charge in [-0.25, -0.2) is 4.68 Å². The number of aromatic nitrogens is 2. The molecule has 1 N–H and O–H groups in total. The maximum atomic E-state index is 12.5. The van der Waals surface area contributed by atoms with Gasteiger partial charge in [0, 0.05) is 11.9 Å². The molecule has 0 fully saturated rings. The normalized spacial score (nSPS) is 12.3. The number of nitrogens with zero attached hydrogens (tertiary/aromatic N) is 2. The molecule has 0 aliphatic carbocycles. The van der Waals surface area contributed by atoms with Crippen LogP contribution < -0.4 is 20.3 Å². The molecule has 1 amide bonds. The fourth-order valence-corrected chi connectivity index (χ4v) is 2.96. The van der Waals surface area contributed by atoms with Crippen LogP contribution in [0.25, 0.3) is 10.8 Å². The molecule has 0 atom stereocenters. The Bertz CT molecular complexity index is 1060. The van der Waals surface area contributed by atoms with Crippen molar-refractivity contribution in [1.82, 2.24) is 15.1 Å². The molecular weight excluding hydrogens is 334 g/mol. The number of ether oxygens (including phenoxy) is 2. The number of nitrogens with one attached hydrogen (secondary N) is 1. The summed E-state index contributed by atoms with van der Waals surface area (Å²) in [6.07, 6.45) is 0. The van der Waals surface area contributed by atoms with Gasteiger partial charge in [-0.1, -0.05) is 24.3 Å². The van der Waals surface area contributed by atoms with Gasteiger partial charge in [0.25, 0.3) is 5.56 Å². The van der Waals surface area contributed by atoms with E-state index in [0.29, 0.717) is 29.1 Å². The zero-order chi connectivity index (χ0) is 18.1. The first-order chi connectivity index (χ1) is 12.6. The van der Waals surface area contributed by atoms with Crippen LogP contribution in [0.2, 0.25) is 0 Å². The fraction of sp³-hybridized carbons (Fsp3) is 0.211. The van der Waals surface area contributed by atoms with E-state index in [4.69, 9.17) is 9.47 Å². The third kappa shape index (κ3) is 2.99. The number of carbonyl (C=O) groups excluding carboxylic acids is 1. The third-order valence-corrected chi connectivity index (χ3v) is 4.27. The van der Waals surface area contributed by atoms with Gasteiger partial charge in [-0.15, -0.1) is 0 Å². The smallest absolute Gasteiger partial charge is 0.275 e. The minimum absolute atomic E-state index is 0.130. The maximum Gasteiger partial charge on any atom is 0.275 e. The Kier molecular flexibility index (Phi) is 4.04. The van der Waals surface area contributed by atoms with Crippen LogP contribution in [0.5, 0.6) is 11.5 Å². The molecule has 1 aliphatic heterocycles. The number of amides is 1. The molecule has 3 aromatic rings. The quantitative estimate of drug-likeness (QED) is 0.774. The fourth-order valence-electron chi connectivity index (χ4n) is 2.96. The topological polar surface area (TPSA) is 82.5 Å². The van der Waals surface area contributed by atoms with Crippen molar-refractivity contribution in [2.75, 3.05) is 6.79 Å². The average molecular weight is 351 g/mol. The minimum atomic E-state index is -0.285. The van der Waals surface area contributed by atoms with Crippen LogP contribution in [0, 0.1) is 6.92 Å². The summed E-state index contributed by atoms with van der Waals surface area (Å²) in [7, 11) is 0. The highest BCUT2D eigenvalue weighted by atomic mass is 16.7. The van der Waals surface area contributed by atoms with E-state index < -0.39 is 0 Å². The molecule has 0 saturated carbocycles. The second-order valence-corrected chi connectivity index (χ2v) is 6.06. The van der Waals surface area contributed by atoms with Crippen molar-refractivity contribution in [3.63, 3.8) is 0 Å². The molecule has 0 radical (unpaired) electrons. The van der Waals surface area contributed by atoms with Gasteiger partial charge in [0.15, 0.2) is 11.5 Å². The van der Waals surface area contributed by atoms with Crippen molar-refractivity contribution in [3.8, 4) is 11.5 Å². The molecule has 0 unspecified atom stereocenters. The van der Waals surface area contributed by atoms with Crippen LogP contribution in [0.1, 0.15) is 11.3 Å². The van der Waals surface area contributed by atoms with Crippen LogP contribution in [-0.4, -0.2) is 22.5 Å². The monoisotopic (exact) mass is 351 g/mol. The molecule has 1 aliphatic rings. The van der Waals surface area contributed by atoms with Gasteiger partial charge in [-0.2, -0.15) is 5.10 Å². The van der Waals surface area contributed by atoms with E-state index in [9.17, 15) is 9.59 Å².